The van der Waals surface area contributed by atoms with Crippen molar-refractivity contribution in [2.24, 2.45) is 5.16 Å². The van der Waals surface area contributed by atoms with Crippen LogP contribution in [0.5, 0.6) is 0 Å². The fourth-order valence-corrected chi connectivity index (χ4v) is 4.21. The van der Waals surface area contributed by atoms with Crippen LogP contribution in [0.3, 0.4) is 0 Å². The van der Waals surface area contributed by atoms with Crippen molar-refractivity contribution >= 4 is 29.6 Å². The second kappa shape index (κ2) is 13.4. The van der Waals surface area contributed by atoms with Gasteiger partial charge in [-0.1, -0.05) is 68.6 Å². The van der Waals surface area contributed by atoms with E-state index in [2.05, 4.69) is 17.4 Å². The first-order chi connectivity index (χ1) is 16.4. The zero-order valence-electron chi connectivity index (χ0n) is 20.3. The number of ether oxygens (including phenoxy) is 4. The molecule has 0 unspecified atom stereocenters. The molecule has 2 fully saturated rings. The SMILES string of the molecule is CCCCCCCCCCO[C@@H]1[C@H]2OC(C)(C)O[C@H]2O[C@@H]1/C=N/OC(=O)Nc1ccc(Cl)cc1. The molecule has 2 heterocycles. The van der Waals surface area contributed by atoms with E-state index in [1.54, 1.807) is 24.3 Å². The number of carbonyl (C=O) groups is 1. The highest BCUT2D eigenvalue weighted by Gasteiger charge is 2.55. The first kappa shape index (κ1) is 26.9. The Bertz CT molecular complexity index is 788. The molecule has 1 aromatic carbocycles. The van der Waals surface area contributed by atoms with Gasteiger partial charge in [0.05, 0.1) is 6.21 Å². The molecule has 1 amide bonds. The van der Waals surface area contributed by atoms with Gasteiger partial charge in [0.25, 0.3) is 0 Å². The molecule has 0 aromatic heterocycles. The second-order valence-corrected chi connectivity index (χ2v) is 9.58. The number of nitrogens with zero attached hydrogens (tertiary/aromatic N) is 1. The molecule has 0 spiro atoms. The molecule has 1 N–H and O–H groups in total. The minimum Gasteiger partial charge on any atom is -0.372 e. The monoisotopic (exact) mass is 496 g/mol. The van der Waals surface area contributed by atoms with E-state index in [0.29, 0.717) is 17.3 Å². The number of carbonyl (C=O) groups excluding carboxylic acids is 1. The van der Waals surface area contributed by atoms with Crippen molar-refractivity contribution in [2.75, 3.05) is 11.9 Å². The lowest BCUT2D eigenvalue weighted by Crippen LogP contribution is -2.38. The van der Waals surface area contributed by atoms with Crippen LogP contribution in [0, 0.1) is 0 Å². The molecule has 190 valence electrons. The smallest absolute Gasteiger partial charge is 0.372 e. The molecule has 0 saturated carbocycles. The van der Waals surface area contributed by atoms with Crippen LogP contribution in [0.1, 0.15) is 72.1 Å². The summed E-state index contributed by atoms with van der Waals surface area (Å²) in [6.45, 7) is 6.52. The van der Waals surface area contributed by atoms with Crippen LogP contribution in [0.25, 0.3) is 0 Å². The average Bonchev–Trinajstić information content (AvgIpc) is 3.25. The zero-order valence-corrected chi connectivity index (χ0v) is 21.1. The van der Waals surface area contributed by atoms with Gasteiger partial charge in [-0.05, 0) is 44.5 Å². The highest BCUT2D eigenvalue weighted by molar-refractivity contribution is 6.30. The number of nitrogens with one attached hydrogen (secondary N) is 1. The Morgan fingerprint density at radius 1 is 1.09 bits per heavy atom. The summed E-state index contributed by atoms with van der Waals surface area (Å²) in [6.07, 6.45) is 8.61. The largest absolute Gasteiger partial charge is 0.437 e. The highest BCUT2D eigenvalue weighted by atomic mass is 35.5. The summed E-state index contributed by atoms with van der Waals surface area (Å²) in [5, 5.41) is 6.94. The minimum atomic E-state index is -0.744. The predicted octanol–water partition coefficient (Wildman–Crippen LogP) is 6.28. The summed E-state index contributed by atoms with van der Waals surface area (Å²) < 4.78 is 23.9. The van der Waals surface area contributed by atoms with Gasteiger partial charge in [0.15, 0.2) is 12.1 Å². The molecule has 4 atom stereocenters. The number of hydrogen-bond donors (Lipinski definition) is 1. The third-order valence-corrected chi connectivity index (χ3v) is 6.02. The summed E-state index contributed by atoms with van der Waals surface area (Å²) in [5.74, 6) is -0.744. The van der Waals surface area contributed by atoms with Crippen molar-refractivity contribution in [1.82, 2.24) is 0 Å². The Hall–Kier alpha value is -1.71. The third kappa shape index (κ3) is 8.50. The first-order valence-electron chi connectivity index (χ1n) is 12.3. The zero-order chi connectivity index (χ0) is 24.4. The average molecular weight is 497 g/mol. The molecule has 1 aromatic rings. The van der Waals surface area contributed by atoms with Crippen molar-refractivity contribution in [3.63, 3.8) is 0 Å². The first-order valence-corrected chi connectivity index (χ1v) is 12.7. The van der Waals surface area contributed by atoms with Crippen LogP contribution in [-0.2, 0) is 23.8 Å². The number of oxime groups is 1. The molecule has 0 bridgehead atoms. The normalized spacial score (nSPS) is 25.5. The summed E-state index contributed by atoms with van der Waals surface area (Å²) in [5.41, 5.74) is 0.548. The lowest BCUT2D eigenvalue weighted by Gasteiger charge is -2.24. The van der Waals surface area contributed by atoms with Crippen LogP contribution >= 0.6 is 11.6 Å². The number of unbranched alkanes of at least 4 members (excludes halogenated alkanes) is 7. The molecule has 34 heavy (non-hydrogen) atoms. The fourth-order valence-electron chi connectivity index (χ4n) is 4.08. The maximum atomic E-state index is 12.0. The number of fused-ring (bicyclic) bond motifs is 1. The van der Waals surface area contributed by atoms with E-state index in [4.69, 9.17) is 35.4 Å². The van der Waals surface area contributed by atoms with E-state index in [9.17, 15) is 4.79 Å². The topological polar surface area (TPSA) is 87.6 Å². The lowest BCUT2D eigenvalue weighted by molar-refractivity contribution is -0.209. The fraction of sp³-hybridized carbons (Fsp3) is 0.680. The molecule has 0 radical (unpaired) electrons. The van der Waals surface area contributed by atoms with Gasteiger partial charge in [0.1, 0.15) is 18.3 Å². The highest BCUT2D eigenvalue weighted by Crippen LogP contribution is 2.38. The Morgan fingerprint density at radius 2 is 1.76 bits per heavy atom. The van der Waals surface area contributed by atoms with Crippen LogP contribution in [0.15, 0.2) is 29.4 Å². The van der Waals surface area contributed by atoms with Crippen molar-refractivity contribution < 1.29 is 28.6 Å². The molecule has 2 aliphatic rings. The Kier molecular flexibility index (Phi) is 10.6. The lowest BCUT2D eigenvalue weighted by atomic mass is 10.1. The maximum Gasteiger partial charge on any atom is 0.437 e. The quantitative estimate of drug-likeness (QED) is 0.150. The van der Waals surface area contributed by atoms with Gasteiger partial charge in [0, 0.05) is 17.3 Å². The summed E-state index contributed by atoms with van der Waals surface area (Å²) >= 11 is 5.85. The van der Waals surface area contributed by atoms with Crippen molar-refractivity contribution in [1.29, 1.82) is 0 Å². The van der Waals surface area contributed by atoms with Crippen molar-refractivity contribution in [3.05, 3.63) is 29.3 Å². The van der Waals surface area contributed by atoms with Crippen molar-refractivity contribution in [2.45, 2.75) is 103 Å². The number of hydrogen-bond acceptors (Lipinski definition) is 7. The van der Waals surface area contributed by atoms with Crippen LogP contribution in [0.2, 0.25) is 5.02 Å². The number of anilines is 1. The van der Waals surface area contributed by atoms with Gasteiger partial charge in [-0.3, -0.25) is 10.2 Å². The van der Waals surface area contributed by atoms with E-state index >= 15 is 0 Å². The van der Waals surface area contributed by atoms with E-state index in [-0.39, 0.29) is 6.10 Å². The molecule has 0 aliphatic carbocycles. The van der Waals surface area contributed by atoms with E-state index in [1.165, 1.54) is 44.7 Å². The van der Waals surface area contributed by atoms with Gasteiger partial charge in [-0.2, -0.15) is 0 Å². The standard InChI is InChI=1S/C25H37ClN2O6/c1-4-5-6-7-8-9-10-11-16-30-21-20(31-23-22(21)32-25(2,3)33-23)17-27-34-24(29)28-19-14-12-18(26)13-15-19/h12-15,17,20-23H,4-11,16H2,1-3H3,(H,28,29)/b27-17+/t20-,21+,22-,23-/m1/s1. The van der Waals surface area contributed by atoms with Crippen LogP contribution in [0.4, 0.5) is 10.5 Å². The number of amides is 1. The Balaban J connectivity index is 1.44. The van der Waals surface area contributed by atoms with Gasteiger partial charge < -0.3 is 18.9 Å². The second-order valence-electron chi connectivity index (χ2n) is 9.14. The van der Waals surface area contributed by atoms with Gasteiger partial charge in [-0.15, -0.1) is 0 Å². The van der Waals surface area contributed by atoms with Crippen LogP contribution < -0.4 is 5.32 Å². The predicted molar refractivity (Wildman–Crippen MR) is 131 cm³/mol. The molecule has 9 heteroatoms. The van der Waals surface area contributed by atoms with Gasteiger partial charge in [0.2, 0.25) is 0 Å². The summed E-state index contributed by atoms with van der Waals surface area (Å²) in [6, 6.07) is 6.67. The molecule has 8 nitrogen and oxygen atoms in total. The molecular formula is C25H37ClN2O6. The third-order valence-electron chi connectivity index (χ3n) is 5.77. The number of benzene rings is 1. The van der Waals surface area contributed by atoms with Gasteiger partial charge >= 0.3 is 6.09 Å². The number of halogens is 1. The molecule has 2 saturated heterocycles. The van der Waals surface area contributed by atoms with Gasteiger partial charge in [-0.25, -0.2) is 4.79 Å². The molecule has 2 aliphatic heterocycles. The van der Waals surface area contributed by atoms with E-state index in [0.717, 1.165) is 12.8 Å². The maximum absolute atomic E-state index is 12.0. The number of rotatable bonds is 13. The molecule has 3 rings (SSSR count). The van der Waals surface area contributed by atoms with Crippen molar-refractivity contribution in [3.8, 4) is 0 Å². The minimum absolute atomic E-state index is 0.372. The van der Waals surface area contributed by atoms with Crippen LogP contribution in [-0.4, -0.2) is 49.3 Å². The Morgan fingerprint density at radius 3 is 2.47 bits per heavy atom. The summed E-state index contributed by atoms with van der Waals surface area (Å²) in [4.78, 5) is 16.9. The molecular weight excluding hydrogens is 460 g/mol. The van der Waals surface area contributed by atoms with E-state index in [1.807, 2.05) is 13.8 Å². The Labute approximate surface area is 207 Å². The summed E-state index contributed by atoms with van der Waals surface area (Å²) in [7, 11) is 0. The van der Waals surface area contributed by atoms with E-state index < -0.39 is 30.4 Å².